The van der Waals surface area contributed by atoms with Crippen LogP contribution in [0, 0.1) is 0 Å². The molecule has 4 aromatic rings. The molecule has 4 rings (SSSR count). The highest BCUT2D eigenvalue weighted by atomic mass is 79.9. The van der Waals surface area contributed by atoms with Crippen molar-refractivity contribution in [1.29, 1.82) is 0 Å². The molecule has 0 bridgehead atoms. The van der Waals surface area contributed by atoms with Crippen molar-refractivity contribution in [3.8, 4) is 11.1 Å². The van der Waals surface area contributed by atoms with Crippen molar-refractivity contribution in [2.45, 2.75) is 20.4 Å². The van der Waals surface area contributed by atoms with Crippen LogP contribution in [0.25, 0.3) is 22.0 Å². The van der Waals surface area contributed by atoms with Gasteiger partial charge in [0.1, 0.15) is 12.1 Å². The SMILES string of the molecule is CCN(CC)c1ncnc2ccc(-c3cccc(CN(C)C(=O)c4ccc(Br)s4)c3)cc12. The first kappa shape index (κ1) is 22.4. The number of nitrogens with zero attached hydrogens (tertiary/aromatic N) is 4. The van der Waals surface area contributed by atoms with E-state index < -0.39 is 0 Å². The predicted molar refractivity (Wildman–Crippen MR) is 136 cm³/mol. The van der Waals surface area contributed by atoms with Gasteiger partial charge in [0.05, 0.1) is 14.2 Å². The summed E-state index contributed by atoms with van der Waals surface area (Å²) in [6.45, 7) is 6.60. The fraction of sp³-hybridized carbons (Fsp3) is 0.240. The first-order chi connectivity index (χ1) is 15.5. The number of carbonyl (C=O) groups excluding carboxylic acids is 1. The van der Waals surface area contributed by atoms with Crippen LogP contribution in [0.5, 0.6) is 0 Å². The zero-order valence-electron chi connectivity index (χ0n) is 18.4. The normalized spacial score (nSPS) is 11.0. The number of benzene rings is 2. The van der Waals surface area contributed by atoms with Gasteiger partial charge in [-0.3, -0.25) is 4.79 Å². The van der Waals surface area contributed by atoms with E-state index in [4.69, 9.17) is 0 Å². The largest absolute Gasteiger partial charge is 0.357 e. The number of fused-ring (bicyclic) bond motifs is 1. The van der Waals surface area contributed by atoms with E-state index in [9.17, 15) is 4.79 Å². The second-order valence-corrected chi connectivity index (χ2v) is 10.0. The van der Waals surface area contributed by atoms with Crippen LogP contribution in [0.4, 0.5) is 5.82 Å². The number of rotatable bonds is 7. The summed E-state index contributed by atoms with van der Waals surface area (Å²) in [7, 11) is 1.84. The minimum Gasteiger partial charge on any atom is -0.357 e. The number of hydrogen-bond acceptors (Lipinski definition) is 5. The third kappa shape index (κ3) is 4.69. The maximum absolute atomic E-state index is 12.7. The van der Waals surface area contributed by atoms with Crippen LogP contribution < -0.4 is 4.90 Å². The van der Waals surface area contributed by atoms with Crippen molar-refractivity contribution in [3.05, 3.63) is 75.2 Å². The van der Waals surface area contributed by atoms with E-state index >= 15 is 0 Å². The van der Waals surface area contributed by atoms with Crippen LogP contribution in [0.2, 0.25) is 0 Å². The Kier molecular flexibility index (Phi) is 6.86. The van der Waals surface area contributed by atoms with Gasteiger partial charge in [0.2, 0.25) is 0 Å². The first-order valence-corrected chi connectivity index (χ1v) is 12.2. The van der Waals surface area contributed by atoms with Gasteiger partial charge >= 0.3 is 0 Å². The molecule has 0 aliphatic carbocycles. The topological polar surface area (TPSA) is 49.3 Å². The molecule has 164 valence electrons. The summed E-state index contributed by atoms with van der Waals surface area (Å²) in [6, 6.07) is 18.4. The molecule has 0 aliphatic rings. The number of hydrogen-bond donors (Lipinski definition) is 0. The Hall–Kier alpha value is -2.77. The first-order valence-electron chi connectivity index (χ1n) is 10.6. The van der Waals surface area contributed by atoms with E-state index in [-0.39, 0.29) is 5.91 Å². The van der Waals surface area contributed by atoms with Crippen LogP contribution in [-0.4, -0.2) is 40.9 Å². The molecule has 0 fully saturated rings. The fourth-order valence-corrected chi connectivity index (χ4v) is 5.19. The van der Waals surface area contributed by atoms with Crippen LogP contribution >= 0.6 is 27.3 Å². The average Bonchev–Trinajstić information content (AvgIpc) is 3.25. The molecule has 0 aliphatic heterocycles. The summed E-state index contributed by atoms with van der Waals surface area (Å²) in [4.78, 5) is 26.5. The smallest absolute Gasteiger partial charge is 0.264 e. The Bertz CT molecular complexity index is 1250. The molecule has 0 spiro atoms. The lowest BCUT2D eigenvalue weighted by Crippen LogP contribution is -2.25. The second kappa shape index (κ2) is 9.79. The minimum atomic E-state index is 0.0258. The number of carbonyl (C=O) groups is 1. The molecule has 0 unspecified atom stereocenters. The van der Waals surface area contributed by atoms with Crippen molar-refractivity contribution >= 4 is 49.9 Å². The summed E-state index contributed by atoms with van der Waals surface area (Å²) < 4.78 is 0.959. The van der Waals surface area contributed by atoms with E-state index in [0.717, 1.165) is 55.2 Å². The maximum Gasteiger partial charge on any atom is 0.264 e. The molecule has 0 saturated heterocycles. The molecule has 0 N–H and O–H groups in total. The van der Waals surface area contributed by atoms with E-state index in [2.05, 4.69) is 81.0 Å². The highest BCUT2D eigenvalue weighted by Crippen LogP contribution is 2.29. The predicted octanol–water partition coefficient (Wildman–Crippen LogP) is 6.24. The summed E-state index contributed by atoms with van der Waals surface area (Å²) in [5.41, 5.74) is 4.24. The third-order valence-electron chi connectivity index (χ3n) is 5.49. The van der Waals surface area contributed by atoms with Gasteiger partial charge in [-0.15, -0.1) is 11.3 Å². The minimum absolute atomic E-state index is 0.0258. The van der Waals surface area contributed by atoms with Crippen LogP contribution in [-0.2, 0) is 6.54 Å². The van der Waals surface area contributed by atoms with E-state index in [1.807, 2.05) is 25.2 Å². The molecule has 2 aromatic heterocycles. The standard InChI is InChI=1S/C25H25BrN4OS/c1-4-30(5-2)24-20-14-19(9-10-21(20)27-16-28-24)18-8-6-7-17(13-18)15-29(3)25(31)22-11-12-23(26)32-22/h6-14,16H,4-5,15H2,1-3H3. The van der Waals surface area contributed by atoms with Gasteiger partial charge in [0, 0.05) is 32.1 Å². The number of aromatic nitrogens is 2. The van der Waals surface area contributed by atoms with Crippen LogP contribution in [0.3, 0.4) is 0 Å². The fourth-order valence-electron chi connectivity index (χ4n) is 3.81. The van der Waals surface area contributed by atoms with Gasteiger partial charge < -0.3 is 9.80 Å². The van der Waals surface area contributed by atoms with Gasteiger partial charge in [0.25, 0.3) is 5.91 Å². The molecule has 0 saturated carbocycles. The van der Waals surface area contributed by atoms with Crippen molar-refractivity contribution < 1.29 is 4.79 Å². The molecule has 7 heteroatoms. The lowest BCUT2D eigenvalue weighted by Gasteiger charge is -2.21. The molecule has 1 amide bonds. The van der Waals surface area contributed by atoms with Crippen LogP contribution in [0.15, 0.2) is 64.7 Å². The van der Waals surface area contributed by atoms with Crippen molar-refractivity contribution in [2.75, 3.05) is 25.0 Å². The summed E-state index contributed by atoms with van der Waals surface area (Å²) >= 11 is 4.88. The van der Waals surface area contributed by atoms with E-state index in [1.165, 1.54) is 11.3 Å². The number of anilines is 1. The van der Waals surface area contributed by atoms with Gasteiger partial charge in [-0.25, -0.2) is 9.97 Å². The third-order valence-corrected chi connectivity index (χ3v) is 7.10. The molecule has 32 heavy (non-hydrogen) atoms. The Balaban J connectivity index is 1.63. The Morgan fingerprint density at radius 3 is 2.50 bits per heavy atom. The van der Waals surface area contributed by atoms with E-state index in [1.54, 1.807) is 11.2 Å². The van der Waals surface area contributed by atoms with Gasteiger partial charge in [0.15, 0.2) is 0 Å². The molecular weight excluding hydrogens is 484 g/mol. The number of thiophene rings is 1. The molecule has 2 heterocycles. The maximum atomic E-state index is 12.7. The Morgan fingerprint density at radius 1 is 1.00 bits per heavy atom. The Labute approximate surface area is 200 Å². The zero-order valence-corrected chi connectivity index (χ0v) is 20.8. The molecule has 0 atom stereocenters. The van der Waals surface area contributed by atoms with Gasteiger partial charge in [-0.05, 0) is 76.8 Å². The summed E-state index contributed by atoms with van der Waals surface area (Å²) in [5, 5.41) is 1.05. The quantitative estimate of drug-likeness (QED) is 0.296. The zero-order chi connectivity index (χ0) is 22.7. The summed E-state index contributed by atoms with van der Waals surface area (Å²) in [5.74, 6) is 0.989. The monoisotopic (exact) mass is 508 g/mol. The molecule has 5 nitrogen and oxygen atoms in total. The number of amides is 1. The molecule has 0 radical (unpaired) electrons. The molecule has 2 aromatic carbocycles. The average molecular weight is 509 g/mol. The summed E-state index contributed by atoms with van der Waals surface area (Å²) in [6.07, 6.45) is 1.63. The second-order valence-electron chi connectivity index (χ2n) is 7.57. The molecular formula is C25H25BrN4OS. The van der Waals surface area contributed by atoms with Crippen LogP contribution in [0.1, 0.15) is 29.1 Å². The highest BCUT2D eigenvalue weighted by Gasteiger charge is 2.15. The van der Waals surface area contributed by atoms with Gasteiger partial charge in [-0.2, -0.15) is 0 Å². The lowest BCUT2D eigenvalue weighted by molar-refractivity contribution is 0.0790. The highest BCUT2D eigenvalue weighted by molar-refractivity contribution is 9.11. The van der Waals surface area contributed by atoms with Gasteiger partial charge in [-0.1, -0.05) is 24.3 Å². The number of halogens is 1. The van der Waals surface area contributed by atoms with Crippen molar-refractivity contribution in [3.63, 3.8) is 0 Å². The van der Waals surface area contributed by atoms with Crippen molar-refractivity contribution in [2.24, 2.45) is 0 Å². The Morgan fingerprint density at radius 2 is 1.78 bits per heavy atom. The van der Waals surface area contributed by atoms with Crippen molar-refractivity contribution in [1.82, 2.24) is 14.9 Å². The lowest BCUT2D eigenvalue weighted by atomic mass is 10.0. The van der Waals surface area contributed by atoms with E-state index in [0.29, 0.717) is 6.54 Å².